The summed E-state index contributed by atoms with van der Waals surface area (Å²) in [6.45, 7) is 0.368. The Bertz CT molecular complexity index is 1030. The molecule has 3 N–H and O–H groups in total. The Kier molecular flexibility index (Phi) is 7.42. The van der Waals surface area contributed by atoms with Crippen LogP contribution in [0.15, 0.2) is 48.5 Å². The van der Waals surface area contributed by atoms with Gasteiger partial charge in [0.15, 0.2) is 0 Å². The predicted octanol–water partition coefficient (Wildman–Crippen LogP) is 5.89. The Labute approximate surface area is 186 Å². The normalized spacial score (nSPS) is 11.3. The topological polar surface area (TPSA) is 79.3 Å². The smallest absolute Gasteiger partial charge is 0.406 e. The first kappa shape index (κ1) is 22.9. The highest BCUT2D eigenvalue weighted by molar-refractivity contribution is 6.39. The molecule has 0 aliphatic heterocycles. The van der Waals surface area contributed by atoms with Gasteiger partial charge < -0.3 is 20.5 Å². The maximum atomic E-state index is 12.6. The van der Waals surface area contributed by atoms with E-state index in [1.807, 2.05) is 0 Å². The fourth-order valence-corrected chi connectivity index (χ4v) is 3.11. The summed E-state index contributed by atoms with van der Waals surface area (Å²) in [7, 11) is 0. The van der Waals surface area contributed by atoms with Crippen molar-refractivity contribution in [2.75, 3.05) is 23.8 Å². The number of benzene rings is 2. The van der Waals surface area contributed by atoms with E-state index in [2.05, 4.69) is 25.3 Å². The van der Waals surface area contributed by atoms with E-state index >= 15 is 0 Å². The van der Waals surface area contributed by atoms with Gasteiger partial charge in [0.05, 0.1) is 21.4 Å². The minimum Gasteiger partial charge on any atom is -0.406 e. The van der Waals surface area contributed by atoms with Crippen molar-refractivity contribution in [3.05, 3.63) is 58.6 Å². The Morgan fingerprint density at radius 2 is 1.71 bits per heavy atom. The minimum absolute atomic E-state index is 0.0240. The number of aromatic nitrogens is 2. The molecule has 1 aromatic heterocycles. The summed E-state index contributed by atoms with van der Waals surface area (Å²) in [5, 5.41) is 15.7. The molecule has 0 aliphatic carbocycles. The van der Waals surface area contributed by atoms with E-state index in [-0.39, 0.29) is 18.3 Å². The number of nitrogens with one attached hydrogen (secondary N) is 2. The average Bonchev–Trinajstić information content (AvgIpc) is 2.70. The maximum Gasteiger partial charge on any atom is 0.573 e. The van der Waals surface area contributed by atoms with Crippen LogP contribution in [-0.4, -0.2) is 34.6 Å². The number of aliphatic hydroxyl groups excluding tert-OH is 1. The molecular weight excluding hydrogens is 456 g/mol. The number of hydrogen-bond acceptors (Lipinski definition) is 6. The third-order valence-electron chi connectivity index (χ3n) is 3.92. The third kappa shape index (κ3) is 6.61. The van der Waals surface area contributed by atoms with E-state index in [0.717, 1.165) is 0 Å². The fraction of sp³-hybridized carbons (Fsp3) is 0.200. The lowest BCUT2D eigenvalue weighted by Crippen LogP contribution is -2.17. The molecule has 11 heteroatoms. The van der Waals surface area contributed by atoms with E-state index in [9.17, 15) is 13.2 Å². The minimum atomic E-state index is -4.81. The monoisotopic (exact) mass is 472 g/mol. The Balaban J connectivity index is 1.98. The van der Waals surface area contributed by atoms with Crippen LogP contribution in [0.3, 0.4) is 0 Å². The van der Waals surface area contributed by atoms with Gasteiger partial charge in [0.25, 0.3) is 0 Å². The van der Waals surface area contributed by atoms with Crippen LogP contribution in [0.4, 0.5) is 30.6 Å². The summed E-state index contributed by atoms with van der Waals surface area (Å²) in [5.74, 6) is 0.148. The van der Waals surface area contributed by atoms with Crippen LogP contribution in [0.1, 0.15) is 6.42 Å². The van der Waals surface area contributed by atoms with Crippen LogP contribution in [0.5, 0.6) is 5.75 Å². The van der Waals surface area contributed by atoms with Crippen molar-refractivity contribution in [3.8, 4) is 17.0 Å². The quantitative estimate of drug-likeness (QED) is 0.355. The lowest BCUT2D eigenvalue weighted by Gasteiger charge is -2.14. The predicted molar refractivity (Wildman–Crippen MR) is 114 cm³/mol. The summed E-state index contributed by atoms with van der Waals surface area (Å²) in [5.41, 5.74) is 1.13. The highest BCUT2D eigenvalue weighted by Gasteiger charge is 2.31. The highest BCUT2D eigenvalue weighted by atomic mass is 35.5. The first-order valence-corrected chi connectivity index (χ1v) is 9.82. The summed E-state index contributed by atoms with van der Waals surface area (Å²) in [6, 6.07) is 12.0. The lowest BCUT2D eigenvalue weighted by atomic mass is 10.1. The lowest BCUT2D eigenvalue weighted by molar-refractivity contribution is -0.274. The number of alkyl halides is 3. The number of hydrogen-bond donors (Lipinski definition) is 3. The summed E-state index contributed by atoms with van der Waals surface area (Å²) in [6.07, 6.45) is -4.35. The summed E-state index contributed by atoms with van der Waals surface area (Å²) < 4.78 is 41.7. The Morgan fingerprint density at radius 1 is 1.00 bits per heavy atom. The van der Waals surface area contributed by atoms with Gasteiger partial charge in [-0.2, -0.15) is 4.98 Å². The zero-order valence-electron chi connectivity index (χ0n) is 15.9. The molecule has 2 aromatic carbocycles. The van der Waals surface area contributed by atoms with Gasteiger partial charge in [-0.25, -0.2) is 4.98 Å². The SMILES string of the molecule is OCCCNc1nc(Nc2c(Cl)cccc2Cl)cc(-c2cccc(OC(F)(F)F)c2)n1. The van der Waals surface area contributed by atoms with Crippen LogP contribution in [0.25, 0.3) is 11.3 Å². The number of para-hydroxylation sites is 1. The zero-order chi connectivity index (χ0) is 22.4. The number of nitrogens with zero attached hydrogens (tertiary/aromatic N) is 2. The molecule has 164 valence electrons. The van der Waals surface area contributed by atoms with Crippen molar-refractivity contribution in [2.45, 2.75) is 12.8 Å². The number of anilines is 3. The van der Waals surface area contributed by atoms with E-state index < -0.39 is 6.36 Å². The van der Waals surface area contributed by atoms with Crippen molar-refractivity contribution in [2.24, 2.45) is 0 Å². The van der Waals surface area contributed by atoms with Gasteiger partial charge in [0.1, 0.15) is 11.6 Å². The molecule has 0 saturated heterocycles. The van der Waals surface area contributed by atoms with E-state index in [4.69, 9.17) is 28.3 Å². The largest absolute Gasteiger partial charge is 0.573 e. The van der Waals surface area contributed by atoms with Gasteiger partial charge in [-0.15, -0.1) is 13.2 Å². The molecule has 0 atom stereocenters. The molecule has 3 aromatic rings. The highest BCUT2D eigenvalue weighted by Crippen LogP contribution is 2.34. The molecule has 31 heavy (non-hydrogen) atoms. The summed E-state index contributed by atoms with van der Waals surface area (Å²) >= 11 is 12.4. The second kappa shape index (κ2) is 10.0. The molecule has 0 saturated carbocycles. The average molecular weight is 473 g/mol. The maximum absolute atomic E-state index is 12.6. The van der Waals surface area contributed by atoms with E-state index in [1.54, 1.807) is 30.3 Å². The van der Waals surface area contributed by atoms with Gasteiger partial charge in [0, 0.05) is 24.8 Å². The van der Waals surface area contributed by atoms with Crippen molar-refractivity contribution < 1.29 is 23.0 Å². The van der Waals surface area contributed by atoms with Gasteiger partial charge in [-0.05, 0) is 30.7 Å². The molecule has 0 aliphatic rings. The molecule has 0 spiro atoms. The van der Waals surface area contributed by atoms with Gasteiger partial charge in [-0.1, -0.05) is 41.4 Å². The van der Waals surface area contributed by atoms with Crippen molar-refractivity contribution in [3.63, 3.8) is 0 Å². The van der Waals surface area contributed by atoms with Crippen LogP contribution >= 0.6 is 23.2 Å². The third-order valence-corrected chi connectivity index (χ3v) is 4.55. The second-order valence-electron chi connectivity index (χ2n) is 6.26. The van der Waals surface area contributed by atoms with Crippen molar-refractivity contribution in [1.29, 1.82) is 0 Å². The number of ether oxygens (including phenoxy) is 1. The first-order valence-electron chi connectivity index (χ1n) is 9.06. The molecule has 0 amide bonds. The molecule has 0 radical (unpaired) electrons. The number of aliphatic hydroxyl groups is 1. The molecule has 0 unspecified atom stereocenters. The van der Waals surface area contributed by atoms with Crippen LogP contribution in [0, 0.1) is 0 Å². The molecule has 3 rings (SSSR count). The molecule has 1 heterocycles. The fourth-order valence-electron chi connectivity index (χ4n) is 2.62. The van der Waals surface area contributed by atoms with Gasteiger partial charge in [-0.3, -0.25) is 0 Å². The number of halogens is 5. The van der Waals surface area contributed by atoms with Crippen LogP contribution in [0.2, 0.25) is 10.0 Å². The van der Waals surface area contributed by atoms with Gasteiger partial charge >= 0.3 is 6.36 Å². The van der Waals surface area contributed by atoms with E-state index in [0.29, 0.717) is 45.8 Å². The second-order valence-corrected chi connectivity index (χ2v) is 7.08. The Hall–Kier alpha value is -2.75. The van der Waals surface area contributed by atoms with Crippen molar-refractivity contribution >= 4 is 40.7 Å². The zero-order valence-corrected chi connectivity index (χ0v) is 17.4. The van der Waals surface area contributed by atoms with E-state index in [1.165, 1.54) is 18.2 Å². The van der Waals surface area contributed by atoms with Gasteiger partial charge in [0.2, 0.25) is 5.95 Å². The van der Waals surface area contributed by atoms with Crippen LogP contribution in [-0.2, 0) is 0 Å². The number of rotatable bonds is 8. The standard InChI is InChI=1S/C20H17Cl2F3N4O2/c21-14-6-2-7-15(22)18(14)28-17-11-16(27-19(29-17)26-8-3-9-30)12-4-1-5-13(10-12)31-20(23,24)25/h1-2,4-7,10-11,30H,3,8-9H2,(H2,26,27,28,29). The summed E-state index contributed by atoms with van der Waals surface area (Å²) in [4.78, 5) is 8.70. The molecule has 0 fully saturated rings. The molecule has 6 nitrogen and oxygen atoms in total. The first-order chi connectivity index (χ1) is 14.7. The van der Waals surface area contributed by atoms with Crippen LogP contribution < -0.4 is 15.4 Å². The molecular formula is C20H17Cl2F3N4O2. The molecule has 0 bridgehead atoms. The Morgan fingerprint density at radius 3 is 2.39 bits per heavy atom. The van der Waals surface area contributed by atoms with Crippen molar-refractivity contribution in [1.82, 2.24) is 9.97 Å².